The van der Waals surface area contributed by atoms with Gasteiger partial charge in [-0.1, -0.05) is 18.2 Å². The smallest absolute Gasteiger partial charge is 0.191 e. The van der Waals surface area contributed by atoms with Crippen molar-refractivity contribution in [3.63, 3.8) is 0 Å². The minimum atomic E-state index is -0.406. The van der Waals surface area contributed by atoms with Gasteiger partial charge >= 0.3 is 0 Å². The fraction of sp³-hybridized carbons (Fsp3) is 0.435. The number of methoxy groups -OCH3 is 1. The van der Waals surface area contributed by atoms with Crippen LogP contribution in [0.2, 0.25) is 0 Å². The molecule has 1 heterocycles. The quantitative estimate of drug-likeness (QED) is 0.496. The molecule has 0 aromatic heterocycles. The molecule has 6 nitrogen and oxygen atoms in total. The number of halogens is 2. The molecule has 2 N–H and O–H groups in total. The Labute approximate surface area is 182 Å². The van der Waals surface area contributed by atoms with E-state index >= 15 is 0 Å². The first-order valence-corrected chi connectivity index (χ1v) is 10.5. The molecule has 1 aliphatic rings. The van der Waals surface area contributed by atoms with E-state index in [0.717, 1.165) is 24.2 Å². The molecule has 168 valence electrons. The zero-order valence-corrected chi connectivity index (χ0v) is 18.0. The monoisotopic (exact) mass is 432 g/mol. The molecule has 2 aromatic rings. The third-order valence-corrected chi connectivity index (χ3v) is 5.18. The van der Waals surface area contributed by atoms with Crippen LogP contribution in [-0.2, 0) is 11.3 Å². The Bertz CT molecular complexity index is 855. The van der Waals surface area contributed by atoms with E-state index in [1.165, 1.54) is 25.3 Å². The van der Waals surface area contributed by atoms with Crippen LogP contribution in [0.15, 0.2) is 47.5 Å². The molecule has 8 heteroatoms. The van der Waals surface area contributed by atoms with Gasteiger partial charge in [0, 0.05) is 26.2 Å². The highest BCUT2D eigenvalue weighted by atomic mass is 19.1. The van der Waals surface area contributed by atoms with Gasteiger partial charge in [-0.15, -0.1) is 0 Å². The van der Waals surface area contributed by atoms with Crippen molar-refractivity contribution >= 4 is 5.96 Å². The van der Waals surface area contributed by atoms with Gasteiger partial charge in [0.1, 0.15) is 5.82 Å². The molecule has 31 heavy (non-hydrogen) atoms. The Morgan fingerprint density at radius 2 is 1.87 bits per heavy atom. The van der Waals surface area contributed by atoms with E-state index in [2.05, 4.69) is 20.5 Å². The molecule has 0 bridgehead atoms. The number of aliphatic imine (C=N–C) groups is 1. The van der Waals surface area contributed by atoms with Gasteiger partial charge in [0.05, 0.1) is 32.9 Å². The van der Waals surface area contributed by atoms with E-state index in [1.807, 2.05) is 19.1 Å². The van der Waals surface area contributed by atoms with Crippen LogP contribution < -0.4 is 15.4 Å². The topological polar surface area (TPSA) is 58.1 Å². The predicted octanol–water partition coefficient (Wildman–Crippen LogP) is 3.10. The lowest BCUT2D eigenvalue weighted by molar-refractivity contribution is 0.0170. The largest absolute Gasteiger partial charge is 0.494 e. The summed E-state index contributed by atoms with van der Waals surface area (Å²) in [7, 11) is 1.44. The Kier molecular flexibility index (Phi) is 8.61. The van der Waals surface area contributed by atoms with Gasteiger partial charge in [-0.25, -0.2) is 13.8 Å². The predicted molar refractivity (Wildman–Crippen MR) is 117 cm³/mol. The highest BCUT2D eigenvalue weighted by Gasteiger charge is 2.23. The van der Waals surface area contributed by atoms with Gasteiger partial charge in [0.25, 0.3) is 0 Å². The molecule has 3 rings (SSSR count). The lowest BCUT2D eigenvalue weighted by Gasteiger charge is -2.35. The molecule has 2 aromatic carbocycles. The SMILES string of the molecule is CCNC(=NCc1ccc(OC)c(F)c1)NCC(c1ccc(F)cc1)N1CCOCC1. The number of nitrogens with zero attached hydrogens (tertiary/aromatic N) is 2. The molecule has 1 fully saturated rings. The normalized spacial score (nSPS) is 16.1. The standard InChI is InChI=1S/C23H30F2N4O2/c1-3-26-23(27-15-17-4-9-22(30-2)20(25)14-17)28-16-21(29-10-12-31-13-11-29)18-5-7-19(24)8-6-18/h4-9,14,21H,3,10-13,15-16H2,1-2H3,(H2,26,27,28). The molecule has 0 amide bonds. The minimum Gasteiger partial charge on any atom is -0.494 e. The molecule has 0 radical (unpaired) electrons. The summed E-state index contributed by atoms with van der Waals surface area (Å²) < 4.78 is 37.8. The number of guanidine groups is 1. The zero-order chi connectivity index (χ0) is 22.1. The minimum absolute atomic E-state index is 0.0480. The van der Waals surface area contributed by atoms with E-state index < -0.39 is 5.82 Å². The number of hydrogen-bond acceptors (Lipinski definition) is 4. The second-order valence-corrected chi connectivity index (χ2v) is 7.26. The van der Waals surface area contributed by atoms with Gasteiger partial charge < -0.3 is 20.1 Å². The van der Waals surface area contributed by atoms with Gasteiger partial charge in [0.15, 0.2) is 17.5 Å². The number of rotatable bonds is 8. The van der Waals surface area contributed by atoms with Crippen LogP contribution in [0, 0.1) is 11.6 Å². The van der Waals surface area contributed by atoms with E-state index in [9.17, 15) is 8.78 Å². The number of nitrogens with one attached hydrogen (secondary N) is 2. The van der Waals surface area contributed by atoms with Crippen LogP contribution >= 0.6 is 0 Å². The first-order chi connectivity index (χ1) is 15.1. The zero-order valence-electron chi connectivity index (χ0n) is 18.0. The Balaban J connectivity index is 1.70. The third kappa shape index (κ3) is 6.63. The molecular formula is C23H30F2N4O2. The molecule has 0 aliphatic carbocycles. The summed E-state index contributed by atoms with van der Waals surface area (Å²) in [5.74, 6) is 0.195. The van der Waals surface area contributed by atoms with Crippen LogP contribution in [-0.4, -0.2) is 57.4 Å². The third-order valence-electron chi connectivity index (χ3n) is 5.18. The number of benzene rings is 2. The number of morpholine rings is 1. The van der Waals surface area contributed by atoms with Crippen LogP contribution in [0.25, 0.3) is 0 Å². The summed E-state index contributed by atoms with van der Waals surface area (Å²) in [5, 5.41) is 6.61. The molecule has 1 aliphatic heterocycles. The maximum Gasteiger partial charge on any atom is 0.191 e. The van der Waals surface area contributed by atoms with Crippen LogP contribution in [0.3, 0.4) is 0 Å². The van der Waals surface area contributed by atoms with Crippen LogP contribution in [0.5, 0.6) is 5.75 Å². The maximum atomic E-state index is 14.0. The highest BCUT2D eigenvalue weighted by molar-refractivity contribution is 5.79. The fourth-order valence-electron chi connectivity index (χ4n) is 3.55. The average Bonchev–Trinajstić information content (AvgIpc) is 2.79. The van der Waals surface area contributed by atoms with Crippen molar-refractivity contribution in [3.8, 4) is 5.75 Å². The molecule has 1 unspecified atom stereocenters. The van der Waals surface area contributed by atoms with Crippen LogP contribution in [0.1, 0.15) is 24.1 Å². The van der Waals surface area contributed by atoms with Crippen molar-refractivity contribution in [1.82, 2.24) is 15.5 Å². The molecule has 0 spiro atoms. The van der Waals surface area contributed by atoms with Gasteiger partial charge in [-0.05, 0) is 42.3 Å². The molecular weight excluding hydrogens is 402 g/mol. The van der Waals surface area contributed by atoms with Gasteiger partial charge in [0.2, 0.25) is 0 Å². The number of ether oxygens (including phenoxy) is 2. The lowest BCUT2D eigenvalue weighted by atomic mass is 10.0. The maximum absolute atomic E-state index is 14.0. The molecule has 0 saturated carbocycles. The van der Waals surface area contributed by atoms with Gasteiger partial charge in [-0.2, -0.15) is 0 Å². The van der Waals surface area contributed by atoms with Crippen molar-refractivity contribution in [2.75, 3.05) is 46.5 Å². The average molecular weight is 433 g/mol. The first kappa shape index (κ1) is 23.0. The van der Waals surface area contributed by atoms with Crippen molar-refractivity contribution in [1.29, 1.82) is 0 Å². The van der Waals surface area contributed by atoms with Crippen molar-refractivity contribution in [3.05, 3.63) is 65.2 Å². The second kappa shape index (κ2) is 11.6. The summed E-state index contributed by atoms with van der Waals surface area (Å²) in [6.07, 6.45) is 0. The van der Waals surface area contributed by atoms with E-state index in [1.54, 1.807) is 12.1 Å². The summed E-state index contributed by atoms with van der Waals surface area (Å²) in [6, 6.07) is 11.5. The van der Waals surface area contributed by atoms with Crippen molar-refractivity contribution in [2.45, 2.75) is 19.5 Å². The molecule has 1 saturated heterocycles. The summed E-state index contributed by atoms with van der Waals surface area (Å²) in [4.78, 5) is 6.91. The van der Waals surface area contributed by atoms with Gasteiger partial charge in [-0.3, -0.25) is 4.90 Å². The molecule has 1 atom stereocenters. The van der Waals surface area contributed by atoms with Crippen molar-refractivity contribution < 1.29 is 18.3 Å². The van der Waals surface area contributed by atoms with E-state index in [4.69, 9.17) is 9.47 Å². The Morgan fingerprint density at radius 3 is 2.52 bits per heavy atom. The highest BCUT2D eigenvalue weighted by Crippen LogP contribution is 2.22. The second-order valence-electron chi connectivity index (χ2n) is 7.26. The fourth-order valence-corrected chi connectivity index (χ4v) is 3.55. The van der Waals surface area contributed by atoms with Crippen LogP contribution in [0.4, 0.5) is 8.78 Å². The van der Waals surface area contributed by atoms with Crippen molar-refractivity contribution in [2.24, 2.45) is 4.99 Å². The first-order valence-electron chi connectivity index (χ1n) is 10.5. The van der Waals surface area contributed by atoms with E-state index in [-0.39, 0.29) is 17.6 Å². The summed E-state index contributed by atoms with van der Waals surface area (Å²) >= 11 is 0. The summed E-state index contributed by atoms with van der Waals surface area (Å²) in [5.41, 5.74) is 1.78. The Morgan fingerprint density at radius 1 is 1.13 bits per heavy atom. The lowest BCUT2D eigenvalue weighted by Crippen LogP contribution is -2.46. The summed E-state index contributed by atoms with van der Waals surface area (Å²) in [6.45, 7) is 6.57. The number of hydrogen-bond donors (Lipinski definition) is 2. The Hall–Kier alpha value is -2.71. The van der Waals surface area contributed by atoms with E-state index in [0.29, 0.717) is 38.8 Å².